The molecule has 174 valence electrons. The summed E-state index contributed by atoms with van der Waals surface area (Å²) in [5.41, 5.74) is 2.25. The van der Waals surface area contributed by atoms with Gasteiger partial charge in [0.2, 0.25) is 5.91 Å². The lowest BCUT2D eigenvalue weighted by Crippen LogP contribution is -2.44. The first-order valence-electron chi connectivity index (χ1n) is 11.5. The molecular formula is C24H30N6O3. The summed E-state index contributed by atoms with van der Waals surface area (Å²) in [5.74, 6) is 1.92. The smallest absolute Gasteiger partial charge is 0.228 e. The number of likely N-dealkylation sites (tertiary alicyclic amines) is 1. The van der Waals surface area contributed by atoms with Crippen molar-refractivity contribution in [3.05, 3.63) is 30.6 Å². The van der Waals surface area contributed by atoms with Gasteiger partial charge in [0, 0.05) is 45.2 Å². The molecular weight excluding hydrogens is 420 g/mol. The van der Waals surface area contributed by atoms with E-state index in [-0.39, 0.29) is 11.5 Å². The van der Waals surface area contributed by atoms with Crippen LogP contribution in [0.25, 0.3) is 22.3 Å². The minimum Gasteiger partial charge on any atom is -0.488 e. The highest BCUT2D eigenvalue weighted by molar-refractivity contribution is 5.93. The van der Waals surface area contributed by atoms with Gasteiger partial charge in [0.15, 0.2) is 0 Å². The molecule has 2 aliphatic heterocycles. The Bertz CT molecular complexity index is 1150. The number of aromatic nitrogens is 4. The first-order valence-corrected chi connectivity index (χ1v) is 11.5. The Hall–Kier alpha value is -3.20. The number of rotatable bonds is 6. The Morgan fingerprint density at radius 1 is 1.15 bits per heavy atom. The van der Waals surface area contributed by atoms with E-state index in [9.17, 15) is 4.79 Å². The molecule has 1 spiro atoms. The second-order valence-electron chi connectivity index (χ2n) is 9.17. The molecule has 2 fully saturated rings. The molecule has 9 nitrogen and oxygen atoms in total. The standard InChI is InChI=1S/C24H30N6O3/c1-16(14-32-3)33-17-4-5-19-18(12-17)22(28-27-19)20-13-21(26-15-25-20)30-10-7-24(8-11-30)6-9-29(2)23(24)31/h4-5,12-13,15-16H,6-11,14H2,1-3H3,(H,27,28)/t16-/m0/s1. The van der Waals surface area contributed by atoms with E-state index in [2.05, 4.69) is 25.1 Å². The zero-order chi connectivity index (χ0) is 23.0. The molecule has 0 saturated carbocycles. The molecule has 0 unspecified atom stereocenters. The number of piperidine rings is 1. The number of benzene rings is 1. The molecule has 2 aromatic heterocycles. The quantitative estimate of drug-likeness (QED) is 0.617. The Balaban J connectivity index is 1.37. The summed E-state index contributed by atoms with van der Waals surface area (Å²) in [6, 6.07) is 7.85. The van der Waals surface area contributed by atoms with Gasteiger partial charge in [0.25, 0.3) is 0 Å². The molecule has 2 saturated heterocycles. The van der Waals surface area contributed by atoms with Crippen LogP contribution in [0.4, 0.5) is 5.82 Å². The number of fused-ring (bicyclic) bond motifs is 1. The highest BCUT2D eigenvalue weighted by atomic mass is 16.5. The molecule has 0 aliphatic carbocycles. The molecule has 1 amide bonds. The maximum Gasteiger partial charge on any atom is 0.228 e. The van der Waals surface area contributed by atoms with Crippen molar-refractivity contribution >= 4 is 22.6 Å². The van der Waals surface area contributed by atoms with Crippen molar-refractivity contribution in [2.24, 2.45) is 5.41 Å². The van der Waals surface area contributed by atoms with Crippen LogP contribution < -0.4 is 9.64 Å². The highest BCUT2D eigenvalue weighted by Gasteiger charge is 2.47. The van der Waals surface area contributed by atoms with Crippen LogP contribution in [0.2, 0.25) is 0 Å². The predicted molar refractivity (Wildman–Crippen MR) is 125 cm³/mol. The number of hydrogen-bond donors (Lipinski definition) is 1. The Kier molecular flexibility index (Phi) is 5.65. The summed E-state index contributed by atoms with van der Waals surface area (Å²) >= 11 is 0. The van der Waals surface area contributed by atoms with E-state index < -0.39 is 0 Å². The Morgan fingerprint density at radius 2 is 1.94 bits per heavy atom. The molecule has 1 atom stereocenters. The number of H-pyrrole nitrogens is 1. The van der Waals surface area contributed by atoms with Gasteiger partial charge in [-0.25, -0.2) is 9.97 Å². The van der Waals surface area contributed by atoms with Crippen LogP contribution >= 0.6 is 0 Å². The largest absolute Gasteiger partial charge is 0.488 e. The fourth-order valence-corrected chi connectivity index (χ4v) is 5.03. The lowest BCUT2D eigenvalue weighted by Gasteiger charge is -2.38. The average Bonchev–Trinajstić information content (AvgIpc) is 3.37. The van der Waals surface area contributed by atoms with Crippen LogP contribution in [0, 0.1) is 5.41 Å². The van der Waals surface area contributed by atoms with Crippen molar-refractivity contribution < 1.29 is 14.3 Å². The number of aromatic amines is 1. The van der Waals surface area contributed by atoms with Gasteiger partial charge >= 0.3 is 0 Å². The third-order valence-corrected chi connectivity index (χ3v) is 6.94. The zero-order valence-electron chi connectivity index (χ0n) is 19.4. The number of carbonyl (C=O) groups excluding carboxylic acids is 1. The SMILES string of the molecule is COC[C@H](C)Oc1ccc2[nH]nc(-c3cc(N4CCC5(CCN(C)C5=O)CC4)ncn3)c2c1. The van der Waals surface area contributed by atoms with Gasteiger partial charge in [-0.1, -0.05) is 0 Å². The van der Waals surface area contributed by atoms with Gasteiger partial charge in [-0.3, -0.25) is 9.89 Å². The van der Waals surface area contributed by atoms with E-state index in [0.29, 0.717) is 12.5 Å². The topological polar surface area (TPSA) is 96.5 Å². The van der Waals surface area contributed by atoms with Crippen LogP contribution in [0.15, 0.2) is 30.6 Å². The molecule has 9 heteroatoms. The number of nitrogens with zero attached hydrogens (tertiary/aromatic N) is 5. The summed E-state index contributed by atoms with van der Waals surface area (Å²) in [7, 11) is 3.57. The van der Waals surface area contributed by atoms with Gasteiger partial charge in [-0.05, 0) is 44.4 Å². The highest BCUT2D eigenvalue weighted by Crippen LogP contribution is 2.42. The second kappa shape index (κ2) is 8.62. The molecule has 5 rings (SSSR count). The number of amides is 1. The molecule has 1 aromatic carbocycles. The molecule has 0 radical (unpaired) electrons. The summed E-state index contributed by atoms with van der Waals surface area (Å²) < 4.78 is 11.1. The number of carbonyl (C=O) groups is 1. The van der Waals surface area contributed by atoms with Crippen molar-refractivity contribution in [3.8, 4) is 17.1 Å². The lowest BCUT2D eigenvalue weighted by atomic mass is 9.77. The molecule has 33 heavy (non-hydrogen) atoms. The number of nitrogens with one attached hydrogen (secondary N) is 1. The van der Waals surface area contributed by atoms with Gasteiger partial charge in [0.1, 0.15) is 29.7 Å². The lowest BCUT2D eigenvalue weighted by molar-refractivity contribution is -0.135. The molecule has 4 heterocycles. The molecule has 0 bridgehead atoms. The summed E-state index contributed by atoms with van der Waals surface area (Å²) in [4.78, 5) is 25.8. The van der Waals surface area contributed by atoms with Crippen LogP contribution in [-0.2, 0) is 9.53 Å². The normalized spacial score (nSPS) is 18.9. The van der Waals surface area contributed by atoms with Gasteiger partial charge < -0.3 is 19.3 Å². The van der Waals surface area contributed by atoms with Crippen molar-refractivity contribution in [1.29, 1.82) is 0 Å². The van der Waals surface area contributed by atoms with E-state index in [1.807, 2.05) is 43.1 Å². The number of hydrogen-bond acceptors (Lipinski definition) is 7. The Labute approximate surface area is 193 Å². The van der Waals surface area contributed by atoms with E-state index in [4.69, 9.17) is 9.47 Å². The minimum absolute atomic E-state index is 0.0533. The Morgan fingerprint density at radius 3 is 2.67 bits per heavy atom. The third kappa shape index (κ3) is 4.01. The van der Waals surface area contributed by atoms with Crippen LogP contribution in [0.1, 0.15) is 26.2 Å². The predicted octanol–water partition coefficient (Wildman–Crippen LogP) is 2.88. The number of ether oxygens (including phenoxy) is 2. The van der Waals surface area contributed by atoms with Crippen molar-refractivity contribution in [3.63, 3.8) is 0 Å². The van der Waals surface area contributed by atoms with Gasteiger partial charge in [-0.2, -0.15) is 5.10 Å². The minimum atomic E-state index is -0.185. The molecule has 2 aliphatic rings. The number of methoxy groups -OCH3 is 1. The third-order valence-electron chi connectivity index (χ3n) is 6.94. The van der Waals surface area contributed by atoms with Crippen molar-refractivity contribution in [1.82, 2.24) is 25.1 Å². The fourth-order valence-electron chi connectivity index (χ4n) is 5.03. The summed E-state index contributed by atoms with van der Waals surface area (Å²) in [6.07, 6.45) is 4.22. The monoisotopic (exact) mass is 450 g/mol. The van der Waals surface area contributed by atoms with Crippen LogP contribution in [-0.4, -0.2) is 77.5 Å². The zero-order valence-corrected chi connectivity index (χ0v) is 19.4. The van der Waals surface area contributed by atoms with Gasteiger partial charge in [-0.15, -0.1) is 0 Å². The maximum absolute atomic E-state index is 12.6. The average molecular weight is 451 g/mol. The van der Waals surface area contributed by atoms with E-state index in [1.54, 1.807) is 13.4 Å². The second-order valence-corrected chi connectivity index (χ2v) is 9.17. The van der Waals surface area contributed by atoms with E-state index in [1.165, 1.54) is 0 Å². The van der Waals surface area contributed by atoms with E-state index >= 15 is 0 Å². The summed E-state index contributed by atoms with van der Waals surface area (Å²) in [6.45, 7) is 4.98. The fraction of sp³-hybridized carbons (Fsp3) is 0.500. The summed E-state index contributed by atoms with van der Waals surface area (Å²) in [5, 5.41) is 8.55. The van der Waals surface area contributed by atoms with Crippen molar-refractivity contribution in [2.75, 3.05) is 45.3 Å². The van der Waals surface area contributed by atoms with Gasteiger partial charge in [0.05, 0.1) is 23.2 Å². The molecule has 1 N–H and O–H groups in total. The van der Waals surface area contributed by atoms with Crippen LogP contribution in [0.5, 0.6) is 5.75 Å². The van der Waals surface area contributed by atoms with Crippen molar-refractivity contribution in [2.45, 2.75) is 32.3 Å². The van der Waals surface area contributed by atoms with E-state index in [0.717, 1.165) is 72.8 Å². The molecule has 3 aromatic rings. The number of anilines is 1. The van der Waals surface area contributed by atoms with Crippen LogP contribution in [0.3, 0.4) is 0 Å². The maximum atomic E-state index is 12.6. The first kappa shape index (κ1) is 21.6. The first-order chi connectivity index (χ1) is 16.0.